The number of rotatable bonds is 5. The molecule has 0 aliphatic heterocycles. The molecule has 1 rings (SSSR count). The number of aryl methyl sites for hydroxylation is 2. The van der Waals surface area contributed by atoms with Gasteiger partial charge in [-0.15, -0.1) is 11.8 Å². The van der Waals surface area contributed by atoms with Gasteiger partial charge in [-0.3, -0.25) is 9.48 Å². The first-order valence-electron chi connectivity index (χ1n) is 5.47. The van der Waals surface area contributed by atoms with E-state index in [-0.39, 0.29) is 0 Å². The number of nitrogens with two attached hydrogens (primary N) is 1. The molecule has 1 aromatic rings. The van der Waals surface area contributed by atoms with Gasteiger partial charge < -0.3 is 10.8 Å². The molecule has 1 heterocycles. The lowest BCUT2D eigenvalue weighted by Gasteiger charge is -2.27. The number of carboxylic acid groups (broad SMARTS) is 1. The van der Waals surface area contributed by atoms with Crippen molar-refractivity contribution in [1.82, 2.24) is 9.78 Å². The third kappa shape index (κ3) is 3.18. The normalized spacial score (nSPS) is 13.7. The molecular formula is C11H18ClN3O2S. The van der Waals surface area contributed by atoms with E-state index in [1.165, 1.54) is 11.8 Å². The molecule has 0 aliphatic carbocycles. The van der Waals surface area contributed by atoms with Gasteiger partial charge in [-0.05, 0) is 20.8 Å². The Bertz CT molecular complexity index is 459. The third-order valence-corrected chi connectivity index (χ3v) is 4.78. The molecule has 0 saturated heterocycles. The summed E-state index contributed by atoms with van der Waals surface area (Å²) in [6.45, 7) is 5.51. The Hall–Kier alpha value is -0.720. The molecule has 18 heavy (non-hydrogen) atoms. The van der Waals surface area contributed by atoms with Gasteiger partial charge in [0.25, 0.3) is 0 Å². The first-order valence-corrected chi connectivity index (χ1v) is 6.83. The number of aromatic nitrogens is 2. The summed E-state index contributed by atoms with van der Waals surface area (Å²) in [5.74, 6) is -0.409. The summed E-state index contributed by atoms with van der Waals surface area (Å²) in [7, 11) is 1.78. The van der Waals surface area contributed by atoms with Crippen LogP contribution < -0.4 is 5.73 Å². The van der Waals surface area contributed by atoms with Gasteiger partial charge in [0, 0.05) is 23.1 Å². The van der Waals surface area contributed by atoms with Gasteiger partial charge in [-0.1, -0.05) is 11.6 Å². The predicted octanol–water partition coefficient (Wildman–Crippen LogP) is 1.81. The van der Waals surface area contributed by atoms with Crippen molar-refractivity contribution in [2.75, 3.05) is 0 Å². The number of carbonyl (C=O) groups is 1. The molecule has 7 heteroatoms. The predicted molar refractivity (Wildman–Crippen MR) is 73.9 cm³/mol. The maximum absolute atomic E-state index is 10.9. The van der Waals surface area contributed by atoms with Crippen LogP contribution in [0.3, 0.4) is 0 Å². The van der Waals surface area contributed by atoms with Crippen molar-refractivity contribution in [3.63, 3.8) is 0 Å². The first-order chi connectivity index (χ1) is 8.16. The standard InChI is InChI=1S/C11H18ClN3O2S/c1-6-7(9(12)15(4)14-6)5-18-11(2,3)8(13)10(16)17/h8H,5,13H2,1-4H3,(H,16,17)/t8-/m1/s1. The third-order valence-electron chi connectivity index (χ3n) is 2.87. The quantitative estimate of drug-likeness (QED) is 0.865. The van der Waals surface area contributed by atoms with Gasteiger partial charge in [-0.2, -0.15) is 5.10 Å². The van der Waals surface area contributed by atoms with E-state index < -0.39 is 16.8 Å². The van der Waals surface area contributed by atoms with Crippen LogP contribution in [-0.2, 0) is 17.6 Å². The molecule has 5 nitrogen and oxygen atoms in total. The minimum absolute atomic E-state index is 0.572. The molecule has 0 radical (unpaired) electrons. The molecule has 0 spiro atoms. The average molecular weight is 292 g/mol. The van der Waals surface area contributed by atoms with Gasteiger partial charge in [0.2, 0.25) is 0 Å². The van der Waals surface area contributed by atoms with Crippen LogP contribution in [0.4, 0.5) is 0 Å². The van der Waals surface area contributed by atoms with Crippen LogP contribution in [0.1, 0.15) is 25.1 Å². The Kier molecular flexibility index (Phi) is 4.69. The van der Waals surface area contributed by atoms with Crippen LogP contribution in [-0.4, -0.2) is 31.6 Å². The van der Waals surface area contributed by atoms with Gasteiger partial charge in [-0.25, -0.2) is 0 Å². The molecule has 0 unspecified atom stereocenters. The molecule has 1 aromatic heterocycles. The zero-order valence-electron chi connectivity index (χ0n) is 10.9. The highest BCUT2D eigenvalue weighted by Gasteiger charge is 2.33. The number of carboxylic acids is 1. The zero-order chi connectivity index (χ0) is 14.1. The van der Waals surface area contributed by atoms with Crippen LogP contribution in [0, 0.1) is 6.92 Å². The summed E-state index contributed by atoms with van der Waals surface area (Å²) < 4.78 is 1.04. The van der Waals surface area contributed by atoms with Crippen molar-refractivity contribution in [3.8, 4) is 0 Å². The zero-order valence-corrected chi connectivity index (χ0v) is 12.5. The van der Waals surface area contributed by atoms with E-state index in [0.29, 0.717) is 10.9 Å². The van der Waals surface area contributed by atoms with Crippen molar-refractivity contribution in [2.24, 2.45) is 12.8 Å². The lowest BCUT2D eigenvalue weighted by Crippen LogP contribution is -2.46. The Balaban J connectivity index is 2.79. The molecule has 0 bridgehead atoms. The summed E-state index contributed by atoms with van der Waals surface area (Å²) in [4.78, 5) is 10.9. The second-order valence-corrected chi connectivity index (χ2v) is 6.67. The highest BCUT2D eigenvalue weighted by Crippen LogP contribution is 2.33. The molecule has 0 amide bonds. The number of halogens is 1. The lowest BCUT2D eigenvalue weighted by atomic mass is 10.1. The van der Waals surface area contributed by atoms with Crippen LogP contribution in [0.2, 0.25) is 5.15 Å². The molecule has 0 aromatic carbocycles. The Morgan fingerprint density at radius 3 is 2.61 bits per heavy atom. The van der Waals surface area contributed by atoms with Crippen molar-refractivity contribution in [3.05, 3.63) is 16.4 Å². The summed E-state index contributed by atoms with van der Waals surface area (Å²) in [6, 6.07) is -0.918. The second kappa shape index (κ2) is 5.50. The monoisotopic (exact) mass is 291 g/mol. The minimum atomic E-state index is -0.999. The summed E-state index contributed by atoms with van der Waals surface area (Å²) in [5.41, 5.74) is 7.45. The van der Waals surface area contributed by atoms with Crippen molar-refractivity contribution >= 4 is 29.3 Å². The first kappa shape index (κ1) is 15.3. The van der Waals surface area contributed by atoms with Crippen LogP contribution in [0.5, 0.6) is 0 Å². The van der Waals surface area contributed by atoms with Crippen molar-refractivity contribution < 1.29 is 9.90 Å². The lowest BCUT2D eigenvalue weighted by molar-refractivity contribution is -0.139. The van der Waals surface area contributed by atoms with E-state index in [1.54, 1.807) is 11.7 Å². The second-order valence-electron chi connectivity index (χ2n) is 4.69. The molecule has 0 aliphatic rings. The summed E-state index contributed by atoms with van der Waals surface area (Å²) in [6.07, 6.45) is 0. The fourth-order valence-electron chi connectivity index (χ4n) is 1.48. The van der Waals surface area contributed by atoms with E-state index in [1.807, 2.05) is 20.8 Å². The number of hydrogen-bond donors (Lipinski definition) is 2. The maximum Gasteiger partial charge on any atom is 0.321 e. The minimum Gasteiger partial charge on any atom is -0.480 e. The smallest absolute Gasteiger partial charge is 0.321 e. The summed E-state index contributed by atoms with van der Waals surface area (Å²) >= 11 is 7.59. The van der Waals surface area contributed by atoms with Gasteiger partial charge in [0.15, 0.2) is 0 Å². The Labute approximate surface area is 116 Å². The largest absolute Gasteiger partial charge is 0.480 e. The van der Waals surface area contributed by atoms with E-state index in [0.717, 1.165) is 11.3 Å². The van der Waals surface area contributed by atoms with Gasteiger partial charge in [0.05, 0.1) is 5.69 Å². The van der Waals surface area contributed by atoms with Crippen molar-refractivity contribution in [2.45, 2.75) is 37.3 Å². The molecule has 1 atom stereocenters. The Morgan fingerprint density at radius 2 is 2.22 bits per heavy atom. The van der Waals surface area contributed by atoms with Crippen LogP contribution in [0.15, 0.2) is 0 Å². The summed E-state index contributed by atoms with van der Waals surface area (Å²) in [5, 5.41) is 13.7. The maximum atomic E-state index is 10.9. The number of thioether (sulfide) groups is 1. The van der Waals surface area contributed by atoms with Gasteiger partial charge >= 0.3 is 5.97 Å². The van der Waals surface area contributed by atoms with E-state index in [2.05, 4.69) is 5.10 Å². The van der Waals surface area contributed by atoms with Gasteiger partial charge in [0.1, 0.15) is 11.2 Å². The Morgan fingerprint density at radius 1 is 1.67 bits per heavy atom. The fourth-order valence-corrected chi connectivity index (χ4v) is 2.95. The number of hydrogen-bond acceptors (Lipinski definition) is 4. The van der Waals surface area contributed by atoms with Crippen molar-refractivity contribution in [1.29, 1.82) is 0 Å². The topological polar surface area (TPSA) is 81.1 Å². The highest BCUT2D eigenvalue weighted by atomic mass is 35.5. The average Bonchev–Trinajstić information content (AvgIpc) is 2.50. The van der Waals surface area contributed by atoms with Crippen LogP contribution >= 0.6 is 23.4 Å². The molecular weight excluding hydrogens is 274 g/mol. The van der Waals surface area contributed by atoms with Crippen LogP contribution in [0.25, 0.3) is 0 Å². The van der Waals surface area contributed by atoms with E-state index in [4.69, 9.17) is 22.4 Å². The SMILES string of the molecule is Cc1nn(C)c(Cl)c1CSC(C)(C)[C@H](N)C(=O)O. The molecule has 0 fully saturated rings. The number of nitrogens with zero attached hydrogens (tertiary/aromatic N) is 2. The van der Waals surface area contributed by atoms with E-state index in [9.17, 15) is 4.79 Å². The van der Waals surface area contributed by atoms with E-state index >= 15 is 0 Å². The fraction of sp³-hybridized carbons (Fsp3) is 0.636. The molecule has 3 N–H and O–H groups in total. The molecule has 102 valence electrons. The highest BCUT2D eigenvalue weighted by molar-refractivity contribution is 7.99. The molecule has 0 saturated carbocycles. The number of aliphatic carboxylic acids is 1.